The summed E-state index contributed by atoms with van der Waals surface area (Å²) in [5.74, 6) is 0.889. The third-order valence-electron chi connectivity index (χ3n) is 3.56. The molecule has 1 amide bonds. The molecule has 1 saturated heterocycles. The standard InChI is InChI=1S/C14H18ClNO3S2/c1-16(11-7-9-21(18,19)10-11)14(17)6-8-20-13-5-3-2-4-12(13)15/h2-5,11H,6-10H2,1H3. The number of carbonyl (C=O) groups is 1. The molecule has 116 valence electrons. The molecule has 0 N–H and O–H groups in total. The zero-order valence-electron chi connectivity index (χ0n) is 11.8. The van der Waals surface area contributed by atoms with E-state index in [0.29, 0.717) is 23.6 Å². The lowest BCUT2D eigenvalue weighted by atomic mass is 10.2. The van der Waals surface area contributed by atoms with Crippen molar-refractivity contribution >= 4 is 39.1 Å². The second-order valence-electron chi connectivity index (χ2n) is 5.09. The highest BCUT2D eigenvalue weighted by atomic mass is 35.5. The summed E-state index contributed by atoms with van der Waals surface area (Å²) in [5, 5.41) is 0.685. The highest BCUT2D eigenvalue weighted by Crippen LogP contribution is 2.27. The average Bonchev–Trinajstić information content (AvgIpc) is 2.80. The van der Waals surface area contributed by atoms with Gasteiger partial charge in [0.1, 0.15) is 0 Å². The monoisotopic (exact) mass is 347 g/mol. The number of nitrogens with zero attached hydrogens (tertiary/aromatic N) is 1. The van der Waals surface area contributed by atoms with Crippen molar-refractivity contribution in [2.45, 2.75) is 23.8 Å². The van der Waals surface area contributed by atoms with Gasteiger partial charge in [0.2, 0.25) is 5.91 Å². The van der Waals surface area contributed by atoms with E-state index in [1.54, 1.807) is 11.9 Å². The van der Waals surface area contributed by atoms with Gasteiger partial charge in [0, 0.05) is 30.2 Å². The van der Waals surface area contributed by atoms with Crippen LogP contribution in [0.5, 0.6) is 0 Å². The van der Waals surface area contributed by atoms with Crippen LogP contribution in [0.25, 0.3) is 0 Å². The molecule has 1 unspecified atom stereocenters. The first-order chi connectivity index (χ1) is 9.89. The molecule has 1 heterocycles. The summed E-state index contributed by atoms with van der Waals surface area (Å²) in [6, 6.07) is 7.34. The summed E-state index contributed by atoms with van der Waals surface area (Å²) in [5.41, 5.74) is 0. The number of benzene rings is 1. The second-order valence-corrected chi connectivity index (χ2v) is 8.86. The fraction of sp³-hybridized carbons (Fsp3) is 0.500. The Morgan fingerprint density at radius 1 is 1.43 bits per heavy atom. The molecule has 0 aromatic heterocycles. The van der Waals surface area contributed by atoms with Crippen LogP contribution in [0, 0.1) is 0 Å². The largest absolute Gasteiger partial charge is 0.342 e. The van der Waals surface area contributed by atoms with Crippen LogP contribution in [-0.4, -0.2) is 49.6 Å². The Labute approximate surface area is 134 Å². The molecule has 0 bridgehead atoms. The fourth-order valence-corrected chi connectivity index (χ4v) is 5.22. The molecule has 1 aliphatic rings. The second kappa shape index (κ2) is 7.03. The Kier molecular flexibility index (Phi) is 5.57. The summed E-state index contributed by atoms with van der Waals surface area (Å²) >= 11 is 7.59. The normalized spacial score (nSPS) is 20.4. The van der Waals surface area contributed by atoms with Gasteiger partial charge in [0.25, 0.3) is 0 Å². The lowest BCUT2D eigenvalue weighted by Crippen LogP contribution is -2.37. The van der Waals surface area contributed by atoms with Gasteiger partial charge in [0.05, 0.1) is 16.5 Å². The van der Waals surface area contributed by atoms with Crippen molar-refractivity contribution in [1.29, 1.82) is 0 Å². The molecular weight excluding hydrogens is 330 g/mol. The smallest absolute Gasteiger partial charge is 0.223 e. The van der Waals surface area contributed by atoms with Crippen molar-refractivity contribution in [2.24, 2.45) is 0 Å². The molecular formula is C14H18ClNO3S2. The van der Waals surface area contributed by atoms with E-state index in [4.69, 9.17) is 11.6 Å². The molecule has 0 radical (unpaired) electrons. The van der Waals surface area contributed by atoms with Crippen molar-refractivity contribution in [1.82, 2.24) is 4.90 Å². The SMILES string of the molecule is CN(C(=O)CCSc1ccccc1Cl)C1CCS(=O)(=O)C1. The van der Waals surface area contributed by atoms with Crippen molar-refractivity contribution in [2.75, 3.05) is 24.3 Å². The van der Waals surface area contributed by atoms with Crippen molar-refractivity contribution in [3.05, 3.63) is 29.3 Å². The van der Waals surface area contributed by atoms with Crippen LogP contribution >= 0.6 is 23.4 Å². The van der Waals surface area contributed by atoms with Gasteiger partial charge in [-0.1, -0.05) is 23.7 Å². The molecule has 1 fully saturated rings. The third-order valence-corrected chi connectivity index (χ3v) is 6.83. The molecule has 21 heavy (non-hydrogen) atoms. The van der Waals surface area contributed by atoms with Gasteiger partial charge in [-0.3, -0.25) is 4.79 Å². The quantitative estimate of drug-likeness (QED) is 0.768. The zero-order chi connectivity index (χ0) is 15.5. The van der Waals surface area contributed by atoms with E-state index in [2.05, 4.69) is 0 Å². The minimum atomic E-state index is -2.96. The first-order valence-corrected chi connectivity index (χ1v) is 9.91. The highest BCUT2D eigenvalue weighted by Gasteiger charge is 2.32. The number of halogens is 1. The molecule has 0 spiro atoms. The van der Waals surface area contributed by atoms with Gasteiger partial charge in [-0.25, -0.2) is 8.42 Å². The number of thioether (sulfide) groups is 1. The Morgan fingerprint density at radius 2 is 2.14 bits per heavy atom. The molecule has 1 atom stereocenters. The van der Waals surface area contributed by atoms with Crippen LogP contribution < -0.4 is 0 Å². The van der Waals surface area contributed by atoms with Crippen LogP contribution in [0.3, 0.4) is 0 Å². The number of sulfone groups is 1. The van der Waals surface area contributed by atoms with Crippen LogP contribution in [0.4, 0.5) is 0 Å². The first-order valence-electron chi connectivity index (χ1n) is 6.72. The Hall–Kier alpha value is -0.720. The van der Waals surface area contributed by atoms with Crippen molar-refractivity contribution < 1.29 is 13.2 Å². The van der Waals surface area contributed by atoms with E-state index in [1.165, 1.54) is 11.8 Å². The zero-order valence-corrected chi connectivity index (χ0v) is 14.2. The van der Waals surface area contributed by atoms with Crippen LogP contribution in [0.2, 0.25) is 5.02 Å². The van der Waals surface area contributed by atoms with E-state index in [-0.39, 0.29) is 23.5 Å². The molecule has 2 rings (SSSR count). The lowest BCUT2D eigenvalue weighted by molar-refractivity contribution is -0.131. The molecule has 1 aromatic carbocycles. The topological polar surface area (TPSA) is 54.5 Å². The van der Waals surface area contributed by atoms with Crippen molar-refractivity contribution in [3.8, 4) is 0 Å². The highest BCUT2D eigenvalue weighted by molar-refractivity contribution is 7.99. The third kappa shape index (κ3) is 4.63. The minimum Gasteiger partial charge on any atom is -0.342 e. The molecule has 1 aromatic rings. The Bertz CT molecular complexity index is 618. The van der Waals surface area contributed by atoms with Gasteiger partial charge >= 0.3 is 0 Å². The van der Waals surface area contributed by atoms with Crippen molar-refractivity contribution in [3.63, 3.8) is 0 Å². The molecule has 4 nitrogen and oxygen atoms in total. The maximum absolute atomic E-state index is 12.1. The maximum atomic E-state index is 12.1. The summed E-state index contributed by atoms with van der Waals surface area (Å²) in [6.07, 6.45) is 0.922. The molecule has 1 aliphatic heterocycles. The van der Waals surface area contributed by atoms with E-state index in [1.807, 2.05) is 24.3 Å². The average molecular weight is 348 g/mol. The fourth-order valence-electron chi connectivity index (χ4n) is 2.27. The van der Waals surface area contributed by atoms with E-state index >= 15 is 0 Å². The number of hydrogen-bond donors (Lipinski definition) is 0. The number of hydrogen-bond acceptors (Lipinski definition) is 4. The van der Waals surface area contributed by atoms with Gasteiger partial charge in [-0.15, -0.1) is 11.8 Å². The molecule has 7 heteroatoms. The Morgan fingerprint density at radius 3 is 2.76 bits per heavy atom. The molecule has 0 saturated carbocycles. The lowest BCUT2D eigenvalue weighted by Gasteiger charge is -2.23. The van der Waals surface area contributed by atoms with Gasteiger partial charge in [-0.2, -0.15) is 0 Å². The minimum absolute atomic E-state index is 0.0170. The van der Waals surface area contributed by atoms with Gasteiger partial charge in [-0.05, 0) is 18.6 Å². The number of carbonyl (C=O) groups excluding carboxylic acids is 1. The summed E-state index contributed by atoms with van der Waals surface area (Å²) in [7, 11) is -1.27. The predicted octanol–water partition coefficient (Wildman–Crippen LogP) is 2.47. The number of amides is 1. The summed E-state index contributed by atoms with van der Waals surface area (Å²) in [4.78, 5) is 14.6. The van der Waals surface area contributed by atoms with E-state index in [0.717, 1.165) is 4.90 Å². The van der Waals surface area contributed by atoms with Crippen LogP contribution in [0.1, 0.15) is 12.8 Å². The summed E-state index contributed by atoms with van der Waals surface area (Å²) < 4.78 is 22.9. The predicted molar refractivity (Wildman–Crippen MR) is 86.6 cm³/mol. The van der Waals surface area contributed by atoms with E-state index < -0.39 is 9.84 Å². The van der Waals surface area contributed by atoms with Gasteiger partial charge in [0.15, 0.2) is 9.84 Å². The van der Waals surface area contributed by atoms with Crippen LogP contribution in [0.15, 0.2) is 29.2 Å². The maximum Gasteiger partial charge on any atom is 0.223 e. The van der Waals surface area contributed by atoms with Crippen LogP contribution in [-0.2, 0) is 14.6 Å². The summed E-state index contributed by atoms with van der Waals surface area (Å²) in [6.45, 7) is 0. The van der Waals surface area contributed by atoms with E-state index in [9.17, 15) is 13.2 Å². The molecule has 0 aliphatic carbocycles. The van der Waals surface area contributed by atoms with Gasteiger partial charge < -0.3 is 4.90 Å². The number of rotatable bonds is 5. The Balaban J connectivity index is 1.81. The first kappa shape index (κ1) is 16.6.